The van der Waals surface area contributed by atoms with Gasteiger partial charge in [0, 0.05) is 23.7 Å². The largest absolute Gasteiger partial charge is 0.481 e. The van der Waals surface area contributed by atoms with Gasteiger partial charge in [-0.3, -0.25) is 29.8 Å². The lowest BCUT2D eigenvalue weighted by molar-refractivity contribution is -0.385. The third kappa shape index (κ3) is 4.07. The highest BCUT2D eigenvalue weighted by molar-refractivity contribution is 6.03. The molecule has 1 aromatic heterocycles. The van der Waals surface area contributed by atoms with Gasteiger partial charge in [-0.15, -0.1) is 0 Å². The topological polar surface area (TPSA) is 114 Å². The molecule has 0 bridgehead atoms. The van der Waals surface area contributed by atoms with Crippen molar-refractivity contribution in [2.75, 3.05) is 5.43 Å². The summed E-state index contributed by atoms with van der Waals surface area (Å²) in [7, 11) is 0. The molecule has 142 valence electrons. The van der Waals surface area contributed by atoms with Gasteiger partial charge in [0.15, 0.2) is 0 Å². The molecular weight excluding hydrogens is 362 g/mol. The molecule has 3 aromatic rings. The number of aromatic nitrogens is 1. The summed E-state index contributed by atoms with van der Waals surface area (Å²) in [5, 5.41) is 20.2. The molecule has 1 heterocycles. The van der Waals surface area contributed by atoms with Crippen molar-refractivity contribution < 1.29 is 19.6 Å². The number of hydrogen-bond donors (Lipinski definition) is 2. The van der Waals surface area contributed by atoms with Crippen LogP contribution in [0.3, 0.4) is 0 Å². The maximum atomic E-state index is 12.8. The molecule has 0 radical (unpaired) electrons. The van der Waals surface area contributed by atoms with Crippen LogP contribution in [0.5, 0.6) is 0 Å². The van der Waals surface area contributed by atoms with E-state index in [4.69, 9.17) is 5.11 Å². The summed E-state index contributed by atoms with van der Waals surface area (Å²) >= 11 is 0. The van der Waals surface area contributed by atoms with Gasteiger partial charge in [0.2, 0.25) is 0 Å². The number of nitro groups is 1. The summed E-state index contributed by atoms with van der Waals surface area (Å²) in [6.45, 7) is 0. The average molecular weight is 379 g/mol. The molecule has 8 heteroatoms. The third-order valence-corrected chi connectivity index (χ3v) is 4.18. The monoisotopic (exact) mass is 379 g/mol. The van der Waals surface area contributed by atoms with Crippen LogP contribution in [-0.2, 0) is 11.2 Å². The lowest BCUT2D eigenvalue weighted by Gasteiger charge is -2.15. The molecule has 0 atom stereocenters. The Morgan fingerprint density at radius 3 is 2.36 bits per heavy atom. The van der Waals surface area contributed by atoms with Gasteiger partial charge in [-0.25, -0.2) is 0 Å². The Kier molecular flexibility index (Phi) is 5.50. The number of hydrogen-bond acceptors (Lipinski definition) is 4. The summed E-state index contributed by atoms with van der Waals surface area (Å²) in [6, 6.07) is 18.4. The van der Waals surface area contributed by atoms with Crippen molar-refractivity contribution in [2.45, 2.75) is 12.8 Å². The molecule has 28 heavy (non-hydrogen) atoms. The molecule has 0 fully saturated rings. The number of nitro benzene ring substituents is 1. The molecule has 0 unspecified atom stereocenters. The number of carboxylic acid groups (broad SMARTS) is 1. The van der Waals surface area contributed by atoms with Crippen molar-refractivity contribution in [3.05, 3.63) is 88.1 Å². The van der Waals surface area contributed by atoms with Crippen molar-refractivity contribution in [3.8, 4) is 11.3 Å². The normalized spacial score (nSPS) is 10.4. The highest BCUT2D eigenvalue weighted by Gasteiger charge is 2.21. The Hall–Kier alpha value is -3.94. The van der Waals surface area contributed by atoms with Crippen LogP contribution in [0.4, 0.5) is 5.69 Å². The van der Waals surface area contributed by atoms with E-state index in [2.05, 4.69) is 5.43 Å². The van der Waals surface area contributed by atoms with Gasteiger partial charge >= 0.3 is 5.97 Å². The van der Waals surface area contributed by atoms with Crippen LogP contribution in [0, 0.1) is 10.1 Å². The number of aliphatic carboxylic acids is 1. The van der Waals surface area contributed by atoms with Crippen LogP contribution < -0.4 is 5.43 Å². The summed E-state index contributed by atoms with van der Waals surface area (Å²) in [5.41, 5.74) is 4.32. The van der Waals surface area contributed by atoms with Crippen LogP contribution in [0.1, 0.15) is 22.5 Å². The van der Waals surface area contributed by atoms with Crippen LogP contribution in [0.25, 0.3) is 11.3 Å². The SMILES string of the molecule is O=C(O)CCc1ccc(-c2ccccc2)n1NC(=O)c1ccccc1[N+](=O)[O-]. The Balaban J connectivity index is 1.99. The number of nitrogens with zero attached hydrogens (tertiary/aromatic N) is 2. The summed E-state index contributed by atoms with van der Waals surface area (Å²) < 4.78 is 1.48. The Bertz CT molecular complexity index is 1030. The molecule has 0 saturated carbocycles. The number of rotatable bonds is 7. The number of aryl methyl sites for hydroxylation is 1. The Morgan fingerprint density at radius 2 is 1.68 bits per heavy atom. The number of carboxylic acids is 1. The van der Waals surface area contributed by atoms with E-state index in [0.717, 1.165) is 5.56 Å². The van der Waals surface area contributed by atoms with Crippen molar-refractivity contribution in [1.82, 2.24) is 4.68 Å². The van der Waals surface area contributed by atoms with Gasteiger partial charge < -0.3 is 5.11 Å². The second kappa shape index (κ2) is 8.17. The van der Waals surface area contributed by atoms with E-state index >= 15 is 0 Å². The molecule has 2 aromatic carbocycles. The first-order valence-corrected chi connectivity index (χ1v) is 8.50. The second-order valence-corrected chi connectivity index (χ2v) is 6.02. The van der Waals surface area contributed by atoms with Crippen LogP contribution in [0.15, 0.2) is 66.7 Å². The second-order valence-electron chi connectivity index (χ2n) is 6.02. The molecule has 0 spiro atoms. The summed E-state index contributed by atoms with van der Waals surface area (Å²) in [5.74, 6) is -1.61. The predicted molar refractivity (Wildman–Crippen MR) is 103 cm³/mol. The van der Waals surface area contributed by atoms with E-state index < -0.39 is 16.8 Å². The number of amides is 1. The highest BCUT2D eigenvalue weighted by Crippen LogP contribution is 2.24. The zero-order valence-corrected chi connectivity index (χ0v) is 14.7. The van der Waals surface area contributed by atoms with E-state index in [1.54, 1.807) is 18.2 Å². The van der Waals surface area contributed by atoms with E-state index in [-0.39, 0.29) is 24.1 Å². The van der Waals surface area contributed by atoms with E-state index in [0.29, 0.717) is 11.4 Å². The molecule has 2 N–H and O–H groups in total. The molecule has 0 saturated heterocycles. The fraction of sp³-hybridized carbons (Fsp3) is 0.100. The predicted octanol–water partition coefficient (Wildman–Crippen LogP) is 3.46. The summed E-state index contributed by atoms with van der Waals surface area (Å²) in [6.07, 6.45) is 0.0823. The molecule has 3 rings (SSSR count). The van der Waals surface area contributed by atoms with Crippen LogP contribution >= 0.6 is 0 Å². The lowest BCUT2D eigenvalue weighted by atomic mass is 10.1. The smallest absolute Gasteiger partial charge is 0.303 e. The van der Waals surface area contributed by atoms with Crippen LogP contribution in [0.2, 0.25) is 0 Å². The molecule has 8 nitrogen and oxygen atoms in total. The first kappa shape index (κ1) is 18.8. The first-order valence-electron chi connectivity index (χ1n) is 8.50. The van der Waals surface area contributed by atoms with Crippen molar-refractivity contribution in [3.63, 3.8) is 0 Å². The maximum absolute atomic E-state index is 12.8. The van der Waals surface area contributed by atoms with Crippen molar-refractivity contribution >= 4 is 17.6 Å². The minimum atomic E-state index is -0.959. The zero-order valence-electron chi connectivity index (χ0n) is 14.7. The number of nitrogens with one attached hydrogen (secondary N) is 1. The molecule has 0 aliphatic carbocycles. The third-order valence-electron chi connectivity index (χ3n) is 4.18. The number of para-hydroxylation sites is 1. The quantitative estimate of drug-likeness (QED) is 0.482. The molecular formula is C20H17N3O5. The van der Waals surface area contributed by atoms with E-state index in [1.807, 2.05) is 30.3 Å². The standard InChI is InChI=1S/C20H17N3O5/c24-19(25)13-11-15-10-12-17(14-6-2-1-3-7-14)22(15)21-20(26)16-8-4-5-9-18(16)23(27)28/h1-10,12H,11,13H2,(H,21,26)(H,24,25). The van der Waals surface area contributed by atoms with E-state index in [1.165, 1.54) is 22.9 Å². The number of carbonyl (C=O) groups excluding carboxylic acids is 1. The number of carbonyl (C=O) groups is 2. The number of benzene rings is 2. The van der Waals surface area contributed by atoms with Crippen LogP contribution in [-0.4, -0.2) is 26.6 Å². The highest BCUT2D eigenvalue weighted by atomic mass is 16.6. The minimum Gasteiger partial charge on any atom is -0.481 e. The lowest BCUT2D eigenvalue weighted by Crippen LogP contribution is -2.26. The molecule has 0 aliphatic rings. The maximum Gasteiger partial charge on any atom is 0.303 e. The average Bonchev–Trinajstić information content (AvgIpc) is 3.09. The van der Waals surface area contributed by atoms with Gasteiger partial charge in [0.1, 0.15) is 5.56 Å². The van der Waals surface area contributed by atoms with Gasteiger partial charge in [-0.2, -0.15) is 0 Å². The Labute approximate surface area is 160 Å². The molecule has 0 aliphatic heterocycles. The zero-order chi connectivity index (χ0) is 20.1. The molecule has 1 amide bonds. The van der Waals surface area contributed by atoms with Crippen molar-refractivity contribution in [2.24, 2.45) is 0 Å². The Morgan fingerprint density at radius 1 is 1.00 bits per heavy atom. The van der Waals surface area contributed by atoms with Gasteiger partial charge in [0.25, 0.3) is 11.6 Å². The fourth-order valence-corrected chi connectivity index (χ4v) is 2.86. The van der Waals surface area contributed by atoms with Gasteiger partial charge in [0.05, 0.1) is 17.0 Å². The fourth-order valence-electron chi connectivity index (χ4n) is 2.86. The summed E-state index contributed by atoms with van der Waals surface area (Å²) in [4.78, 5) is 34.3. The first-order chi connectivity index (χ1) is 13.5. The van der Waals surface area contributed by atoms with Crippen molar-refractivity contribution in [1.29, 1.82) is 0 Å². The minimum absolute atomic E-state index is 0.0793. The van der Waals surface area contributed by atoms with Gasteiger partial charge in [-0.1, -0.05) is 42.5 Å². The van der Waals surface area contributed by atoms with E-state index in [9.17, 15) is 19.7 Å². The van der Waals surface area contributed by atoms with Gasteiger partial charge in [-0.05, 0) is 18.2 Å².